The van der Waals surface area contributed by atoms with Crippen molar-refractivity contribution in [3.8, 4) is 0 Å². The maximum Gasteiger partial charge on any atom is 0.0589 e. The lowest BCUT2D eigenvalue weighted by Crippen LogP contribution is -2.15. The maximum absolute atomic E-state index is 8.83. The number of hydrogen-bond acceptors (Lipinski definition) is 3. The summed E-state index contributed by atoms with van der Waals surface area (Å²) in [6, 6.07) is 0. The lowest BCUT2D eigenvalue weighted by atomic mass is 10.1. The molecule has 3 nitrogen and oxygen atoms in total. The van der Waals surface area contributed by atoms with Gasteiger partial charge in [-0.15, -0.1) is 0 Å². The Hall–Kier alpha value is -0.120. The highest BCUT2D eigenvalue weighted by atomic mass is 16.3. The van der Waals surface area contributed by atoms with Gasteiger partial charge in [-0.05, 0) is 33.4 Å². The van der Waals surface area contributed by atoms with Gasteiger partial charge in [-0.25, -0.2) is 0 Å². The molecule has 0 aromatic rings. The van der Waals surface area contributed by atoms with E-state index in [-0.39, 0.29) is 6.15 Å². The molecule has 12 heavy (non-hydrogen) atoms. The molecule has 0 spiro atoms. The molecule has 0 aliphatic carbocycles. The van der Waals surface area contributed by atoms with Gasteiger partial charge in [0.15, 0.2) is 0 Å². The summed E-state index contributed by atoms with van der Waals surface area (Å²) in [6.07, 6.45) is 0.826. The van der Waals surface area contributed by atoms with Gasteiger partial charge in [-0.3, -0.25) is 0 Å². The van der Waals surface area contributed by atoms with Crippen molar-refractivity contribution in [3.63, 3.8) is 0 Å². The maximum atomic E-state index is 8.83. The van der Waals surface area contributed by atoms with Crippen LogP contribution in [0, 0.1) is 0 Å². The summed E-state index contributed by atoms with van der Waals surface area (Å²) in [5.41, 5.74) is -0.458. The fourth-order valence-corrected chi connectivity index (χ4v) is 0.250. The minimum Gasteiger partial charge on any atom is -0.390 e. The van der Waals surface area contributed by atoms with Crippen LogP contribution in [-0.2, 0) is 0 Å². The fourth-order valence-electron chi connectivity index (χ4n) is 0.250. The van der Waals surface area contributed by atoms with Gasteiger partial charge in [-0.1, -0.05) is 20.8 Å². The molecule has 0 saturated carbocycles. The van der Waals surface area contributed by atoms with Crippen molar-refractivity contribution in [1.29, 1.82) is 0 Å². The molecule has 0 aromatic carbocycles. The Labute approximate surface area is 77.1 Å². The Bertz CT molecular complexity index is 67.4. The van der Waals surface area contributed by atoms with Gasteiger partial charge in [0, 0.05) is 0 Å². The third-order valence-corrected chi connectivity index (χ3v) is 1.37. The molecule has 5 N–H and O–H groups in total. The molecule has 78 valence electrons. The first-order valence-corrected chi connectivity index (χ1v) is 4.41. The van der Waals surface area contributed by atoms with Crippen molar-refractivity contribution >= 4 is 0 Å². The molecule has 0 saturated heterocycles. The van der Waals surface area contributed by atoms with Crippen molar-refractivity contribution in [2.24, 2.45) is 0 Å². The van der Waals surface area contributed by atoms with Gasteiger partial charge in [0.25, 0.3) is 0 Å². The zero-order valence-electron chi connectivity index (χ0n) is 9.28. The number of rotatable bonds is 3. The molecule has 0 aliphatic heterocycles. The summed E-state index contributed by atoms with van der Waals surface area (Å²) in [4.78, 5) is 0. The molecule has 0 aliphatic rings. The van der Waals surface area contributed by atoms with E-state index in [2.05, 4.69) is 19.2 Å². The smallest absolute Gasteiger partial charge is 0.0589 e. The summed E-state index contributed by atoms with van der Waals surface area (Å²) in [5.74, 6) is 0. The number of hydrogen-bond donors (Lipinski definition) is 3. The Balaban J connectivity index is -0.000000126. The van der Waals surface area contributed by atoms with Crippen LogP contribution in [0.4, 0.5) is 0 Å². The SMILES string of the molecule is CCC(C)(C)O.CCNCC.N. The summed E-state index contributed by atoms with van der Waals surface area (Å²) in [5, 5.41) is 11.9. The van der Waals surface area contributed by atoms with Gasteiger partial charge in [0.1, 0.15) is 0 Å². The molecule has 0 aromatic heterocycles. The van der Waals surface area contributed by atoms with Gasteiger partial charge < -0.3 is 16.6 Å². The highest BCUT2D eigenvalue weighted by molar-refractivity contribution is 4.59. The average Bonchev–Trinajstić information content (AvgIpc) is 1.90. The van der Waals surface area contributed by atoms with Crippen LogP contribution in [0.2, 0.25) is 0 Å². The van der Waals surface area contributed by atoms with E-state index in [0.717, 1.165) is 19.5 Å². The largest absolute Gasteiger partial charge is 0.390 e. The van der Waals surface area contributed by atoms with Crippen molar-refractivity contribution in [2.75, 3.05) is 13.1 Å². The average molecular weight is 178 g/mol. The third-order valence-electron chi connectivity index (χ3n) is 1.37. The van der Waals surface area contributed by atoms with E-state index in [1.165, 1.54) is 0 Å². The normalized spacial score (nSPS) is 9.50. The van der Waals surface area contributed by atoms with Crippen molar-refractivity contribution in [1.82, 2.24) is 11.5 Å². The van der Waals surface area contributed by atoms with Crippen molar-refractivity contribution in [3.05, 3.63) is 0 Å². The predicted octanol–water partition coefficient (Wildman–Crippen LogP) is 1.95. The predicted molar refractivity (Wildman–Crippen MR) is 55.8 cm³/mol. The van der Waals surface area contributed by atoms with Crippen molar-refractivity contribution in [2.45, 2.75) is 46.6 Å². The number of nitrogens with one attached hydrogen (secondary N) is 1. The molecule has 0 amide bonds. The van der Waals surface area contributed by atoms with E-state index in [9.17, 15) is 0 Å². The highest BCUT2D eigenvalue weighted by Gasteiger charge is 2.05. The summed E-state index contributed by atoms with van der Waals surface area (Å²) < 4.78 is 0. The minimum absolute atomic E-state index is 0. The standard InChI is InChI=1S/C5H12O.C4H11N.H3N/c1-4-5(2,3)6;1-3-5-4-2;/h6H,4H2,1-3H3;5H,3-4H2,1-2H3;1H3. The van der Waals surface area contributed by atoms with Crippen LogP contribution < -0.4 is 11.5 Å². The van der Waals surface area contributed by atoms with Crippen LogP contribution >= 0.6 is 0 Å². The van der Waals surface area contributed by atoms with Gasteiger partial charge in [-0.2, -0.15) is 0 Å². The Morgan fingerprint density at radius 1 is 1.08 bits per heavy atom. The van der Waals surface area contributed by atoms with E-state index < -0.39 is 5.60 Å². The quantitative estimate of drug-likeness (QED) is 0.618. The van der Waals surface area contributed by atoms with Crippen LogP contribution in [0.15, 0.2) is 0 Å². The molecule has 0 unspecified atom stereocenters. The monoisotopic (exact) mass is 178 g/mol. The molecular formula is C9H26N2O. The van der Waals surface area contributed by atoms with E-state index >= 15 is 0 Å². The first-order valence-electron chi connectivity index (χ1n) is 4.41. The van der Waals surface area contributed by atoms with Crippen LogP contribution in [0.3, 0.4) is 0 Å². The zero-order chi connectivity index (χ0) is 9.33. The molecule has 0 heterocycles. The third kappa shape index (κ3) is 32.7. The highest BCUT2D eigenvalue weighted by Crippen LogP contribution is 2.03. The minimum atomic E-state index is -0.458. The second-order valence-corrected chi connectivity index (χ2v) is 3.12. The van der Waals surface area contributed by atoms with Gasteiger partial charge in [0.2, 0.25) is 0 Å². The molecule has 0 bridgehead atoms. The second kappa shape index (κ2) is 10.9. The lowest BCUT2D eigenvalue weighted by Gasteiger charge is -2.11. The van der Waals surface area contributed by atoms with E-state index in [1.807, 2.05) is 6.92 Å². The summed E-state index contributed by atoms with van der Waals surface area (Å²) in [6.45, 7) is 11.9. The second-order valence-electron chi connectivity index (χ2n) is 3.12. The molecule has 0 rings (SSSR count). The molecule has 0 fully saturated rings. The van der Waals surface area contributed by atoms with Gasteiger partial charge >= 0.3 is 0 Å². The van der Waals surface area contributed by atoms with Crippen LogP contribution in [-0.4, -0.2) is 23.8 Å². The molecule has 0 atom stereocenters. The van der Waals surface area contributed by atoms with E-state index in [4.69, 9.17) is 5.11 Å². The van der Waals surface area contributed by atoms with Crippen molar-refractivity contribution < 1.29 is 5.11 Å². The summed E-state index contributed by atoms with van der Waals surface area (Å²) in [7, 11) is 0. The lowest BCUT2D eigenvalue weighted by molar-refractivity contribution is 0.0765. The Kier molecular flexibility index (Phi) is 16.2. The van der Waals surface area contributed by atoms with E-state index in [1.54, 1.807) is 13.8 Å². The number of aliphatic hydroxyl groups is 1. The zero-order valence-corrected chi connectivity index (χ0v) is 9.28. The Morgan fingerprint density at radius 2 is 1.33 bits per heavy atom. The molecule has 0 radical (unpaired) electrons. The van der Waals surface area contributed by atoms with Crippen LogP contribution in [0.1, 0.15) is 41.0 Å². The first-order chi connectivity index (χ1) is 4.97. The van der Waals surface area contributed by atoms with E-state index in [0.29, 0.717) is 0 Å². The fraction of sp³-hybridized carbons (Fsp3) is 1.00. The van der Waals surface area contributed by atoms with Gasteiger partial charge in [0.05, 0.1) is 5.60 Å². The van der Waals surface area contributed by atoms with Crippen LogP contribution in [0.25, 0.3) is 0 Å². The summed E-state index contributed by atoms with van der Waals surface area (Å²) >= 11 is 0. The molecule has 3 heteroatoms. The van der Waals surface area contributed by atoms with Crippen LogP contribution in [0.5, 0.6) is 0 Å². The molecular weight excluding hydrogens is 152 g/mol. The Morgan fingerprint density at radius 3 is 1.33 bits per heavy atom. The topological polar surface area (TPSA) is 67.3 Å². The first kappa shape index (κ1) is 17.8.